The molecule has 2 aromatic rings. The number of rotatable bonds is 7. The summed E-state index contributed by atoms with van der Waals surface area (Å²) in [5.74, 6) is 1.06. The van der Waals surface area contributed by atoms with E-state index in [0.29, 0.717) is 13.0 Å². The summed E-state index contributed by atoms with van der Waals surface area (Å²) in [5, 5.41) is 3.23. The van der Waals surface area contributed by atoms with Gasteiger partial charge in [0.15, 0.2) is 0 Å². The van der Waals surface area contributed by atoms with Gasteiger partial charge in [0.25, 0.3) is 0 Å². The molecule has 0 saturated carbocycles. The summed E-state index contributed by atoms with van der Waals surface area (Å²) in [6, 6.07) is 7.77. The van der Waals surface area contributed by atoms with Crippen molar-refractivity contribution >= 4 is 33.2 Å². The lowest BCUT2D eigenvalue weighted by molar-refractivity contribution is -0.133. The average Bonchev–Trinajstić information content (AvgIpc) is 3.04. The first-order valence-electron chi connectivity index (χ1n) is 8.89. The maximum atomic E-state index is 12.4. The average molecular weight is 438 g/mol. The molecule has 1 aliphatic heterocycles. The van der Waals surface area contributed by atoms with E-state index in [4.69, 9.17) is 4.74 Å². The molecule has 0 aliphatic carbocycles. The fourth-order valence-corrected chi connectivity index (χ4v) is 3.98. The van der Waals surface area contributed by atoms with Gasteiger partial charge in [0.05, 0.1) is 17.3 Å². The number of hydrogen-bond acceptors (Lipinski definition) is 5. The van der Waals surface area contributed by atoms with E-state index in [1.54, 1.807) is 11.3 Å². The summed E-state index contributed by atoms with van der Waals surface area (Å²) >= 11 is 5.12. The standard InChI is InChI=1S/C19H24BrN3O2S/c1-15-21-17(14-26-15)13-22-7-9-23(10-8-22)19(24)6-3-11-25-18-5-2-4-16(20)12-18/h2,4-5,12,14H,3,6-11,13H2,1H3. The lowest BCUT2D eigenvalue weighted by atomic mass is 10.2. The number of aromatic nitrogens is 1. The highest BCUT2D eigenvalue weighted by Gasteiger charge is 2.21. The van der Waals surface area contributed by atoms with Gasteiger partial charge in [0, 0.05) is 49.0 Å². The SMILES string of the molecule is Cc1nc(CN2CCN(C(=O)CCCOc3cccc(Br)c3)CC2)cs1. The van der Waals surface area contributed by atoms with Crippen molar-refractivity contribution in [2.24, 2.45) is 0 Å². The van der Waals surface area contributed by atoms with E-state index in [1.165, 1.54) is 0 Å². The number of nitrogens with zero attached hydrogens (tertiary/aromatic N) is 3. The number of thiazole rings is 1. The number of halogens is 1. The van der Waals surface area contributed by atoms with Crippen LogP contribution in [0.4, 0.5) is 0 Å². The topological polar surface area (TPSA) is 45.7 Å². The van der Waals surface area contributed by atoms with Crippen molar-refractivity contribution in [3.05, 3.63) is 44.8 Å². The molecule has 2 heterocycles. The summed E-state index contributed by atoms with van der Waals surface area (Å²) in [6.45, 7) is 6.90. The molecule has 1 saturated heterocycles. The third-order valence-corrected chi connectivity index (χ3v) is 5.69. The summed E-state index contributed by atoms with van der Waals surface area (Å²) in [6.07, 6.45) is 1.28. The van der Waals surface area contributed by atoms with Gasteiger partial charge in [-0.15, -0.1) is 11.3 Å². The monoisotopic (exact) mass is 437 g/mol. The highest BCUT2D eigenvalue weighted by atomic mass is 79.9. The summed E-state index contributed by atoms with van der Waals surface area (Å²) < 4.78 is 6.69. The molecule has 1 amide bonds. The van der Waals surface area contributed by atoms with Gasteiger partial charge in [-0.3, -0.25) is 9.69 Å². The largest absolute Gasteiger partial charge is 0.494 e. The van der Waals surface area contributed by atoms with Gasteiger partial charge in [0.1, 0.15) is 5.75 Å². The fourth-order valence-electron chi connectivity index (χ4n) is 2.99. The second-order valence-corrected chi connectivity index (χ2v) is 8.40. The van der Waals surface area contributed by atoms with Crippen molar-refractivity contribution in [3.63, 3.8) is 0 Å². The van der Waals surface area contributed by atoms with Crippen LogP contribution in [-0.2, 0) is 11.3 Å². The number of hydrogen-bond donors (Lipinski definition) is 0. The highest BCUT2D eigenvalue weighted by Crippen LogP contribution is 2.18. The van der Waals surface area contributed by atoms with Gasteiger partial charge >= 0.3 is 0 Å². The van der Waals surface area contributed by atoms with E-state index in [0.717, 1.165) is 60.1 Å². The number of carbonyl (C=O) groups is 1. The Hall–Kier alpha value is -1.44. The van der Waals surface area contributed by atoms with E-state index in [1.807, 2.05) is 36.1 Å². The minimum absolute atomic E-state index is 0.229. The molecular weight excluding hydrogens is 414 g/mol. The molecule has 1 aromatic heterocycles. The lowest BCUT2D eigenvalue weighted by Crippen LogP contribution is -2.48. The normalized spacial score (nSPS) is 15.2. The zero-order valence-electron chi connectivity index (χ0n) is 15.0. The number of carbonyl (C=O) groups excluding carboxylic acids is 1. The van der Waals surface area contributed by atoms with Crippen LogP contribution in [0.2, 0.25) is 0 Å². The van der Waals surface area contributed by atoms with Crippen LogP contribution in [0, 0.1) is 6.92 Å². The molecule has 1 aromatic carbocycles. The second kappa shape index (κ2) is 9.48. The predicted molar refractivity (Wildman–Crippen MR) is 108 cm³/mol. The fraction of sp³-hybridized carbons (Fsp3) is 0.474. The number of ether oxygens (including phenoxy) is 1. The molecule has 0 bridgehead atoms. The molecule has 5 nitrogen and oxygen atoms in total. The Labute approximate surface area is 167 Å². The van der Waals surface area contributed by atoms with Crippen molar-refractivity contribution in [3.8, 4) is 5.75 Å². The molecule has 0 spiro atoms. The van der Waals surface area contributed by atoms with E-state index >= 15 is 0 Å². The van der Waals surface area contributed by atoms with Gasteiger partial charge in [-0.2, -0.15) is 0 Å². The smallest absolute Gasteiger partial charge is 0.222 e. The van der Waals surface area contributed by atoms with Crippen molar-refractivity contribution in [2.75, 3.05) is 32.8 Å². The first-order valence-corrected chi connectivity index (χ1v) is 10.6. The van der Waals surface area contributed by atoms with Crippen LogP contribution in [0.15, 0.2) is 34.1 Å². The zero-order chi connectivity index (χ0) is 18.4. The lowest BCUT2D eigenvalue weighted by Gasteiger charge is -2.34. The highest BCUT2D eigenvalue weighted by molar-refractivity contribution is 9.10. The number of aryl methyl sites for hydroxylation is 1. The molecule has 3 rings (SSSR count). The van der Waals surface area contributed by atoms with Gasteiger partial charge in [-0.05, 0) is 31.5 Å². The number of benzene rings is 1. The first-order chi connectivity index (χ1) is 12.6. The van der Waals surface area contributed by atoms with Crippen molar-refractivity contribution in [2.45, 2.75) is 26.3 Å². The van der Waals surface area contributed by atoms with Gasteiger partial charge in [0.2, 0.25) is 5.91 Å². The number of piperazine rings is 1. The van der Waals surface area contributed by atoms with Crippen molar-refractivity contribution in [1.82, 2.24) is 14.8 Å². The third-order valence-electron chi connectivity index (χ3n) is 4.38. The van der Waals surface area contributed by atoms with E-state index in [9.17, 15) is 4.79 Å². The van der Waals surface area contributed by atoms with Crippen LogP contribution in [0.1, 0.15) is 23.5 Å². The molecule has 1 fully saturated rings. The Bertz CT molecular complexity index is 729. The van der Waals surface area contributed by atoms with Crippen molar-refractivity contribution in [1.29, 1.82) is 0 Å². The Morgan fingerprint density at radius 2 is 2.12 bits per heavy atom. The molecule has 0 N–H and O–H groups in total. The van der Waals surface area contributed by atoms with E-state index in [-0.39, 0.29) is 5.91 Å². The maximum Gasteiger partial charge on any atom is 0.222 e. The Balaban J connectivity index is 1.33. The van der Waals surface area contributed by atoms with Gasteiger partial charge < -0.3 is 9.64 Å². The Morgan fingerprint density at radius 3 is 2.81 bits per heavy atom. The molecule has 7 heteroatoms. The van der Waals surface area contributed by atoms with Crippen LogP contribution < -0.4 is 4.74 Å². The van der Waals surface area contributed by atoms with Crippen LogP contribution in [0.3, 0.4) is 0 Å². The Kier molecular flexibility index (Phi) is 7.05. The third kappa shape index (κ3) is 5.79. The first kappa shape index (κ1) is 19.3. The zero-order valence-corrected chi connectivity index (χ0v) is 17.4. The summed E-state index contributed by atoms with van der Waals surface area (Å²) in [5.41, 5.74) is 1.14. The Morgan fingerprint density at radius 1 is 1.31 bits per heavy atom. The van der Waals surface area contributed by atoms with Gasteiger partial charge in [-0.1, -0.05) is 22.0 Å². The van der Waals surface area contributed by atoms with Crippen LogP contribution >= 0.6 is 27.3 Å². The van der Waals surface area contributed by atoms with Crippen LogP contribution in [0.5, 0.6) is 5.75 Å². The van der Waals surface area contributed by atoms with Crippen LogP contribution in [0.25, 0.3) is 0 Å². The predicted octanol–water partition coefficient (Wildman–Crippen LogP) is 3.72. The van der Waals surface area contributed by atoms with Crippen molar-refractivity contribution < 1.29 is 9.53 Å². The minimum Gasteiger partial charge on any atom is -0.494 e. The molecule has 0 atom stereocenters. The molecule has 1 aliphatic rings. The van der Waals surface area contributed by atoms with Gasteiger partial charge in [-0.25, -0.2) is 4.98 Å². The summed E-state index contributed by atoms with van der Waals surface area (Å²) in [4.78, 5) is 21.2. The van der Waals surface area contributed by atoms with Crippen LogP contribution in [-0.4, -0.2) is 53.5 Å². The quantitative estimate of drug-likeness (QED) is 0.619. The van der Waals surface area contributed by atoms with E-state index in [2.05, 4.69) is 31.2 Å². The molecule has 140 valence electrons. The summed E-state index contributed by atoms with van der Waals surface area (Å²) in [7, 11) is 0. The second-order valence-electron chi connectivity index (χ2n) is 6.42. The molecule has 0 radical (unpaired) electrons. The molecule has 0 unspecified atom stereocenters. The number of amides is 1. The molecule has 26 heavy (non-hydrogen) atoms. The molecular formula is C19H24BrN3O2S. The maximum absolute atomic E-state index is 12.4. The minimum atomic E-state index is 0.229. The van der Waals surface area contributed by atoms with E-state index < -0.39 is 0 Å².